The average molecular weight is 302 g/mol. The Labute approximate surface area is 125 Å². The van der Waals surface area contributed by atoms with Gasteiger partial charge in [0.15, 0.2) is 0 Å². The van der Waals surface area contributed by atoms with Crippen LogP contribution in [0.1, 0.15) is 11.1 Å². The summed E-state index contributed by atoms with van der Waals surface area (Å²) in [6.45, 7) is 2.75. The van der Waals surface area contributed by atoms with Crippen LogP contribution >= 0.6 is 11.3 Å². The Bertz CT molecular complexity index is 721. The van der Waals surface area contributed by atoms with Gasteiger partial charge in [-0.2, -0.15) is 36.1 Å². The van der Waals surface area contributed by atoms with Gasteiger partial charge in [0.25, 0.3) is 5.95 Å². The van der Waals surface area contributed by atoms with E-state index in [2.05, 4.69) is 53.4 Å². The molecule has 0 amide bonds. The van der Waals surface area contributed by atoms with Gasteiger partial charge in [-0.15, -0.1) is 0 Å². The number of hydrogen-bond donors (Lipinski definition) is 2. The Kier molecular flexibility index (Phi) is 3.73. The second-order valence-electron chi connectivity index (χ2n) is 4.31. The molecule has 0 aliphatic rings. The van der Waals surface area contributed by atoms with Gasteiger partial charge in [-0.1, -0.05) is 0 Å². The molecular formula is C12H14N8S. The summed E-state index contributed by atoms with van der Waals surface area (Å²) in [4.78, 5) is 16.8. The van der Waals surface area contributed by atoms with Gasteiger partial charge in [-0.3, -0.25) is 0 Å². The van der Waals surface area contributed by atoms with Crippen LogP contribution in [0.4, 0.5) is 11.9 Å². The lowest BCUT2D eigenvalue weighted by atomic mass is 10.2. The largest absolute Gasteiger partial charge is 0.357 e. The maximum Gasteiger partial charge on any atom is 0.258 e. The predicted octanol–water partition coefficient (Wildman–Crippen LogP) is 1.48. The Hall–Kier alpha value is -2.55. The Morgan fingerprint density at radius 3 is 2.71 bits per heavy atom. The Morgan fingerprint density at radius 2 is 2.05 bits per heavy atom. The molecule has 9 heteroatoms. The van der Waals surface area contributed by atoms with Gasteiger partial charge in [0.05, 0.1) is 0 Å². The minimum absolute atomic E-state index is 0.413. The summed E-state index contributed by atoms with van der Waals surface area (Å²) in [7, 11) is 1.76. The van der Waals surface area contributed by atoms with Crippen LogP contribution in [0.3, 0.4) is 0 Å². The highest BCUT2D eigenvalue weighted by atomic mass is 32.1. The number of thiophene rings is 1. The first-order valence-electron chi connectivity index (χ1n) is 6.30. The van der Waals surface area contributed by atoms with Crippen molar-refractivity contribution in [2.45, 2.75) is 13.5 Å². The summed E-state index contributed by atoms with van der Waals surface area (Å²) in [5.74, 6) is 1.38. The highest BCUT2D eigenvalue weighted by molar-refractivity contribution is 7.08. The van der Waals surface area contributed by atoms with Gasteiger partial charge in [0.2, 0.25) is 11.9 Å². The van der Waals surface area contributed by atoms with Crippen molar-refractivity contribution in [3.8, 4) is 5.95 Å². The molecule has 21 heavy (non-hydrogen) atoms. The van der Waals surface area contributed by atoms with Gasteiger partial charge in [-0.25, -0.2) is 4.98 Å². The highest BCUT2D eigenvalue weighted by Gasteiger charge is 2.08. The molecule has 0 atom stereocenters. The topological polar surface area (TPSA) is 93.4 Å². The van der Waals surface area contributed by atoms with Crippen LogP contribution in [0.2, 0.25) is 0 Å². The Morgan fingerprint density at radius 1 is 1.19 bits per heavy atom. The van der Waals surface area contributed by atoms with E-state index in [1.54, 1.807) is 24.7 Å². The molecule has 0 spiro atoms. The van der Waals surface area contributed by atoms with Crippen molar-refractivity contribution in [3.63, 3.8) is 0 Å². The van der Waals surface area contributed by atoms with E-state index in [9.17, 15) is 0 Å². The maximum absolute atomic E-state index is 4.34. The zero-order valence-corrected chi connectivity index (χ0v) is 12.4. The predicted molar refractivity (Wildman–Crippen MR) is 80.7 cm³/mol. The van der Waals surface area contributed by atoms with Crippen LogP contribution in [-0.4, -0.2) is 36.8 Å². The van der Waals surface area contributed by atoms with Gasteiger partial charge in [0, 0.05) is 13.6 Å². The fraction of sp³-hybridized carbons (Fsp3) is 0.250. The fourth-order valence-electron chi connectivity index (χ4n) is 1.71. The van der Waals surface area contributed by atoms with Crippen molar-refractivity contribution >= 4 is 23.2 Å². The van der Waals surface area contributed by atoms with Crippen molar-refractivity contribution in [2.75, 3.05) is 17.7 Å². The lowest BCUT2D eigenvalue weighted by molar-refractivity contribution is 0.795. The Balaban J connectivity index is 1.84. The first kappa shape index (κ1) is 13.4. The van der Waals surface area contributed by atoms with E-state index in [1.807, 2.05) is 0 Å². The molecule has 0 aliphatic carbocycles. The lowest BCUT2D eigenvalue weighted by Crippen LogP contribution is -2.11. The van der Waals surface area contributed by atoms with Crippen LogP contribution in [0, 0.1) is 6.92 Å². The highest BCUT2D eigenvalue weighted by Crippen LogP contribution is 2.15. The SMILES string of the molecule is CNc1nc(NCc2cscc2C)nc(-n2cncn2)n1. The minimum Gasteiger partial charge on any atom is -0.357 e. The number of hydrogen-bond acceptors (Lipinski definition) is 8. The van der Waals surface area contributed by atoms with E-state index >= 15 is 0 Å². The second kappa shape index (κ2) is 5.83. The normalized spacial score (nSPS) is 10.6. The van der Waals surface area contributed by atoms with Gasteiger partial charge < -0.3 is 10.6 Å². The molecular weight excluding hydrogens is 288 g/mol. The van der Waals surface area contributed by atoms with Crippen molar-refractivity contribution in [3.05, 3.63) is 34.5 Å². The third-order valence-corrected chi connectivity index (χ3v) is 3.78. The molecule has 3 rings (SSSR count). The summed E-state index contributed by atoms with van der Waals surface area (Å²) in [6, 6.07) is 0. The molecule has 0 radical (unpaired) electrons. The number of anilines is 2. The molecule has 8 nitrogen and oxygen atoms in total. The molecule has 2 N–H and O–H groups in total. The van der Waals surface area contributed by atoms with Crippen LogP contribution in [0.5, 0.6) is 0 Å². The summed E-state index contributed by atoms with van der Waals surface area (Å²) < 4.78 is 1.49. The summed E-state index contributed by atoms with van der Waals surface area (Å²) in [6.07, 6.45) is 2.98. The van der Waals surface area contributed by atoms with Gasteiger partial charge in [0.1, 0.15) is 12.7 Å². The number of rotatable bonds is 5. The molecule has 0 unspecified atom stereocenters. The van der Waals surface area contributed by atoms with Crippen molar-refractivity contribution < 1.29 is 0 Å². The van der Waals surface area contributed by atoms with E-state index in [0.717, 1.165) is 0 Å². The molecule has 0 aliphatic heterocycles. The summed E-state index contributed by atoms with van der Waals surface area (Å²) >= 11 is 1.68. The molecule has 108 valence electrons. The average Bonchev–Trinajstić information content (AvgIpc) is 3.16. The van der Waals surface area contributed by atoms with E-state index in [1.165, 1.54) is 22.1 Å². The summed E-state index contributed by atoms with van der Waals surface area (Å²) in [5, 5.41) is 14.4. The standard InChI is InChI=1S/C12H14N8S/c1-8-4-21-5-9(8)3-15-11-17-10(13-2)18-12(19-11)20-7-14-6-16-20/h4-7H,3H2,1-2H3,(H2,13,15,17,18,19). The summed E-state index contributed by atoms with van der Waals surface area (Å²) in [5.41, 5.74) is 2.49. The van der Waals surface area contributed by atoms with Crippen molar-refractivity contribution in [1.29, 1.82) is 0 Å². The van der Waals surface area contributed by atoms with Gasteiger partial charge in [-0.05, 0) is 28.8 Å². The lowest BCUT2D eigenvalue weighted by Gasteiger charge is -2.08. The molecule has 0 aromatic carbocycles. The number of aromatic nitrogens is 6. The zero-order chi connectivity index (χ0) is 14.7. The minimum atomic E-state index is 0.413. The fourth-order valence-corrected chi connectivity index (χ4v) is 2.57. The molecule has 3 heterocycles. The van der Waals surface area contributed by atoms with Crippen molar-refractivity contribution in [2.24, 2.45) is 0 Å². The number of nitrogens with one attached hydrogen (secondary N) is 2. The van der Waals surface area contributed by atoms with E-state index in [4.69, 9.17) is 0 Å². The third kappa shape index (κ3) is 2.97. The molecule has 3 aromatic rings. The van der Waals surface area contributed by atoms with Crippen molar-refractivity contribution in [1.82, 2.24) is 29.7 Å². The maximum atomic E-state index is 4.34. The smallest absolute Gasteiger partial charge is 0.258 e. The quantitative estimate of drug-likeness (QED) is 0.737. The van der Waals surface area contributed by atoms with Crippen LogP contribution in [-0.2, 0) is 6.54 Å². The monoisotopic (exact) mass is 302 g/mol. The van der Waals surface area contributed by atoms with Crippen LogP contribution in [0.25, 0.3) is 5.95 Å². The third-order valence-electron chi connectivity index (χ3n) is 2.87. The first-order chi connectivity index (χ1) is 10.3. The first-order valence-corrected chi connectivity index (χ1v) is 7.25. The van der Waals surface area contributed by atoms with Crippen LogP contribution in [0.15, 0.2) is 23.4 Å². The molecule has 3 aromatic heterocycles. The number of aryl methyl sites for hydroxylation is 1. The van der Waals surface area contributed by atoms with Crippen LogP contribution < -0.4 is 10.6 Å². The second-order valence-corrected chi connectivity index (χ2v) is 5.05. The zero-order valence-electron chi connectivity index (χ0n) is 11.6. The number of nitrogens with zero attached hydrogens (tertiary/aromatic N) is 6. The molecule has 0 saturated carbocycles. The van der Waals surface area contributed by atoms with Gasteiger partial charge >= 0.3 is 0 Å². The molecule has 0 bridgehead atoms. The van der Waals surface area contributed by atoms with E-state index < -0.39 is 0 Å². The molecule has 0 fully saturated rings. The van der Waals surface area contributed by atoms with E-state index in [-0.39, 0.29) is 0 Å². The van der Waals surface area contributed by atoms with E-state index in [0.29, 0.717) is 24.4 Å². The molecule has 0 saturated heterocycles.